The van der Waals surface area contributed by atoms with E-state index in [0.29, 0.717) is 27.9 Å². The molecule has 0 fully saturated rings. The van der Waals surface area contributed by atoms with Crippen LogP contribution in [-0.4, -0.2) is 28.1 Å². The molecule has 1 rings (SSSR count). The third-order valence-electron chi connectivity index (χ3n) is 2.59. The zero-order valence-electron chi connectivity index (χ0n) is 10.8. The van der Waals surface area contributed by atoms with Crippen LogP contribution in [0.25, 0.3) is 0 Å². The van der Waals surface area contributed by atoms with Gasteiger partial charge in [0.2, 0.25) is 5.91 Å². The number of aliphatic hydroxyl groups is 1. The maximum Gasteiger partial charge on any atom is 0.225 e. The van der Waals surface area contributed by atoms with Gasteiger partial charge in [0.25, 0.3) is 0 Å². The Hall–Kier alpha value is -0.420. The van der Waals surface area contributed by atoms with Crippen LogP contribution in [-0.2, 0) is 4.79 Å². The number of nitrogens with one attached hydrogen (secondary N) is 1. The summed E-state index contributed by atoms with van der Waals surface area (Å²) in [6, 6.07) is 4.93. The second kappa shape index (κ2) is 8.00. The SMILES string of the molecule is CC(O)C(C)SCCC(=O)Nc1cc(Cl)ccc1Cl. The Labute approximate surface area is 127 Å². The van der Waals surface area contributed by atoms with Crippen LogP contribution in [0.1, 0.15) is 20.3 Å². The van der Waals surface area contributed by atoms with Gasteiger partial charge in [0, 0.05) is 22.4 Å². The smallest absolute Gasteiger partial charge is 0.225 e. The van der Waals surface area contributed by atoms with E-state index in [1.54, 1.807) is 36.9 Å². The molecule has 0 radical (unpaired) electrons. The van der Waals surface area contributed by atoms with Crippen molar-refractivity contribution in [2.24, 2.45) is 0 Å². The number of carbonyl (C=O) groups is 1. The first-order valence-electron chi connectivity index (χ1n) is 5.94. The van der Waals surface area contributed by atoms with E-state index in [0.717, 1.165) is 0 Å². The van der Waals surface area contributed by atoms with Gasteiger partial charge in [-0.25, -0.2) is 0 Å². The lowest BCUT2D eigenvalue weighted by Gasteiger charge is -2.13. The molecular weight excluding hydrogens is 305 g/mol. The van der Waals surface area contributed by atoms with Crippen molar-refractivity contribution >= 4 is 46.6 Å². The van der Waals surface area contributed by atoms with Crippen molar-refractivity contribution in [3.05, 3.63) is 28.2 Å². The van der Waals surface area contributed by atoms with E-state index in [2.05, 4.69) is 5.32 Å². The van der Waals surface area contributed by atoms with Gasteiger partial charge in [-0.15, -0.1) is 0 Å². The molecule has 0 aliphatic rings. The Bertz CT molecular complexity index is 441. The minimum atomic E-state index is -0.379. The molecule has 0 spiro atoms. The van der Waals surface area contributed by atoms with E-state index in [-0.39, 0.29) is 17.3 Å². The van der Waals surface area contributed by atoms with Crippen molar-refractivity contribution in [3.8, 4) is 0 Å². The van der Waals surface area contributed by atoms with E-state index < -0.39 is 0 Å². The van der Waals surface area contributed by atoms with Crippen molar-refractivity contribution < 1.29 is 9.90 Å². The fourth-order valence-electron chi connectivity index (χ4n) is 1.28. The molecule has 6 heteroatoms. The molecule has 19 heavy (non-hydrogen) atoms. The molecule has 1 amide bonds. The van der Waals surface area contributed by atoms with E-state index in [1.807, 2.05) is 6.92 Å². The van der Waals surface area contributed by atoms with Gasteiger partial charge in [-0.3, -0.25) is 4.79 Å². The fourth-order valence-corrected chi connectivity index (χ4v) is 2.57. The van der Waals surface area contributed by atoms with Crippen molar-refractivity contribution in [1.82, 2.24) is 0 Å². The standard InChI is InChI=1S/C13H17Cl2NO2S/c1-8(17)9(2)19-6-5-13(18)16-12-7-10(14)3-4-11(12)15/h3-4,7-9,17H,5-6H2,1-2H3,(H,16,18). The molecule has 0 aliphatic heterocycles. The number of carbonyl (C=O) groups excluding carboxylic acids is 1. The second-order valence-corrected chi connectivity index (χ2v) is 6.57. The fraction of sp³-hybridized carbons (Fsp3) is 0.462. The van der Waals surface area contributed by atoms with E-state index in [9.17, 15) is 9.90 Å². The van der Waals surface area contributed by atoms with E-state index in [4.69, 9.17) is 23.2 Å². The molecule has 2 atom stereocenters. The van der Waals surface area contributed by atoms with E-state index >= 15 is 0 Å². The van der Waals surface area contributed by atoms with Crippen LogP contribution in [0.4, 0.5) is 5.69 Å². The molecule has 3 nitrogen and oxygen atoms in total. The summed E-state index contributed by atoms with van der Waals surface area (Å²) in [5.74, 6) is 0.533. The summed E-state index contributed by atoms with van der Waals surface area (Å²) < 4.78 is 0. The molecule has 106 valence electrons. The van der Waals surface area contributed by atoms with Crippen LogP contribution in [0.3, 0.4) is 0 Å². The summed E-state index contributed by atoms with van der Waals surface area (Å²) >= 11 is 13.4. The number of amides is 1. The maximum absolute atomic E-state index is 11.7. The number of benzene rings is 1. The summed E-state index contributed by atoms with van der Waals surface area (Å²) in [6.45, 7) is 3.67. The lowest BCUT2D eigenvalue weighted by atomic mass is 10.3. The molecule has 1 aromatic carbocycles. The summed E-state index contributed by atoms with van der Waals surface area (Å²) in [4.78, 5) is 11.7. The van der Waals surface area contributed by atoms with Crippen LogP contribution >= 0.6 is 35.0 Å². The van der Waals surface area contributed by atoms with Gasteiger partial charge in [-0.05, 0) is 25.1 Å². The lowest BCUT2D eigenvalue weighted by molar-refractivity contribution is -0.115. The lowest BCUT2D eigenvalue weighted by Crippen LogP contribution is -2.18. The third kappa shape index (κ3) is 6.04. The number of hydrogen-bond acceptors (Lipinski definition) is 3. The zero-order chi connectivity index (χ0) is 14.4. The first-order chi connectivity index (χ1) is 8.90. The van der Waals surface area contributed by atoms with Crippen LogP contribution in [0.2, 0.25) is 10.0 Å². The van der Waals surface area contributed by atoms with Gasteiger partial charge in [0.1, 0.15) is 0 Å². The molecule has 0 aliphatic carbocycles. The highest BCUT2D eigenvalue weighted by Crippen LogP contribution is 2.25. The molecule has 2 N–H and O–H groups in total. The Morgan fingerprint density at radius 1 is 1.42 bits per heavy atom. The Kier molecular flexibility index (Phi) is 7.00. The summed E-state index contributed by atoms with van der Waals surface area (Å²) in [7, 11) is 0. The van der Waals surface area contributed by atoms with Crippen molar-refractivity contribution in [1.29, 1.82) is 0 Å². The zero-order valence-corrected chi connectivity index (χ0v) is 13.1. The quantitative estimate of drug-likeness (QED) is 0.837. The highest BCUT2D eigenvalue weighted by atomic mass is 35.5. The summed E-state index contributed by atoms with van der Waals surface area (Å²) in [5, 5.41) is 13.2. The molecular formula is C13H17Cl2NO2S. The van der Waals surface area contributed by atoms with Crippen LogP contribution in [0.15, 0.2) is 18.2 Å². The van der Waals surface area contributed by atoms with Gasteiger partial charge < -0.3 is 10.4 Å². The summed E-state index contributed by atoms with van der Waals surface area (Å²) in [6.07, 6.45) is -0.0136. The number of halogens is 2. The number of hydrogen-bond donors (Lipinski definition) is 2. The first-order valence-corrected chi connectivity index (χ1v) is 7.75. The first kappa shape index (κ1) is 16.6. The largest absolute Gasteiger partial charge is 0.392 e. The van der Waals surface area contributed by atoms with Crippen LogP contribution < -0.4 is 5.32 Å². The monoisotopic (exact) mass is 321 g/mol. The molecule has 2 unspecified atom stereocenters. The highest BCUT2D eigenvalue weighted by molar-refractivity contribution is 7.99. The van der Waals surface area contributed by atoms with Gasteiger partial charge >= 0.3 is 0 Å². The number of aliphatic hydroxyl groups excluding tert-OH is 1. The number of rotatable bonds is 6. The molecule has 0 saturated carbocycles. The highest BCUT2D eigenvalue weighted by Gasteiger charge is 2.11. The topological polar surface area (TPSA) is 49.3 Å². The van der Waals surface area contributed by atoms with E-state index in [1.165, 1.54) is 0 Å². The van der Waals surface area contributed by atoms with Crippen molar-refractivity contribution in [2.45, 2.75) is 31.6 Å². The third-order valence-corrected chi connectivity index (χ3v) is 4.52. The maximum atomic E-state index is 11.7. The van der Waals surface area contributed by atoms with Crippen molar-refractivity contribution in [2.75, 3.05) is 11.1 Å². The van der Waals surface area contributed by atoms with Gasteiger partial charge in [0.05, 0.1) is 16.8 Å². The average Bonchev–Trinajstić information content (AvgIpc) is 2.33. The Morgan fingerprint density at radius 2 is 2.11 bits per heavy atom. The number of thioether (sulfide) groups is 1. The molecule has 1 aromatic rings. The van der Waals surface area contributed by atoms with Gasteiger partial charge in [-0.2, -0.15) is 11.8 Å². The van der Waals surface area contributed by atoms with Gasteiger partial charge in [0.15, 0.2) is 0 Å². The van der Waals surface area contributed by atoms with Crippen LogP contribution in [0.5, 0.6) is 0 Å². The minimum Gasteiger partial charge on any atom is -0.392 e. The molecule has 0 saturated heterocycles. The normalized spacial score (nSPS) is 13.9. The summed E-state index contributed by atoms with van der Waals surface area (Å²) in [5.41, 5.74) is 0.521. The molecule has 0 bridgehead atoms. The molecule has 0 heterocycles. The Morgan fingerprint density at radius 3 is 2.74 bits per heavy atom. The predicted molar refractivity (Wildman–Crippen MR) is 83.3 cm³/mol. The van der Waals surface area contributed by atoms with Crippen LogP contribution in [0, 0.1) is 0 Å². The van der Waals surface area contributed by atoms with Crippen molar-refractivity contribution in [3.63, 3.8) is 0 Å². The molecule has 0 aromatic heterocycles. The minimum absolute atomic E-state index is 0.113. The average molecular weight is 322 g/mol. The second-order valence-electron chi connectivity index (χ2n) is 4.24. The number of anilines is 1. The predicted octanol–water partition coefficient (Wildman–Crippen LogP) is 3.82. The Balaban J connectivity index is 2.41. The van der Waals surface area contributed by atoms with Gasteiger partial charge in [-0.1, -0.05) is 30.1 Å².